The Morgan fingerprint density at radius 1 is 0.895 bits per heavy atom. The highest BCUT2D eigenvalue weighted by molar-refractivity contribution is 5.69. The molecule has 0 aromatic rings. The normalized spacial score (nSPS) is 42.7. The van der Waals surface area contributed by atoms with Crippen molar-refractivity contribution in [2.45, 2.75) is 145 Å². The van der Waals surface area contributed by atoms with Crippen LogP contribution in [0.25, 0.3) is 0 Å². The molecule has 38 heavy (non-hydrogen) atoms. The van der Waals surface area contributed by atoms with Gasteiger partial charge >= 0.3 is 5.97 Å². The first-order chi connectivity index (χ1) is 17.9. The van der Waals surface area contributed by atoms with Crippen LogP contribution in [0.2, 0.25) is 0 Å². The molecule has 11 atom stereocenters. The second kappa shape index (κ2) is 12.0. The maximum absolute atomic E-state index is 12.6. The SMILES string of the molecule is CCCCCC(=O)O[C@H]1CC[C@@]2(C)[C@@H](CC[C@@H]3[C@@H]2CC[C@]2(C)[C@@H]([C@H](C)/C=C(\C)[C@H](C)C(C)C)CC[C@@H]32)[C@@H]1C. The minimum Gasteiger partial charge on any atom is -0.462 e. The number of allylic oxidation sites excluding steroid dienone is 2. The largest absolute Gasteiger partial charge is 0.462 e. The summed E-state index contributed by atoms with van der Waals surface area (Å²) in [4.78, 5) is 12.6. The first-order valence-electron chi connectivity index (χ1n) is 16.8. The number of carbonyl (C=O) groups is 1. The van der Waals surface area contributed by atoms with Crippen LogP contribution >= 0.6 is 0 Å². The van der Waals surface area contributed by atoms with Gasteiger partial charge in [0.2, 0.25) is 0 Å². The van der Waals surface area contributed by atoms with Gasteiger partial charge in [0.05, 0.1) is 0 Å². The Morgan fingerprint density at radius 3 is 2.24 bits per heavy atom. The Morgan fingerprint density at radius 2 is 1.55 bits per heavy atom. The van der Waals surface area contributed by atoms with Crippen LogP contribution in [0.15, 0.2) is 11.6 Å². The van der Waals surface area contributed by atoms with Gasteiger partial charge in [-0.2, -0.15) is 0 Å². The molecule has 0 unspecified atom stereocenters. The Bertz CT molecular complexity index is 842. The lowest BCUT2D eigenvalue weighted by atomic mass is 9.43. The summed E-state index contributed by atoms with van der Waals surface area (Å²) in [5.74, 6) is 6.90. The lowest BCUT2D eigenvalue weighted by Gasteiger charge is -2.62. The zero-order chi connectivity index (χ0) is 27.8. The molecular formula is C36H62O2. The van der Waals surface area contributed by atoms with E-state index in [0.29, 0.717) is 35.0 Å². The Kier molecular flexibility index (Phi) is 9.51. The number of hydrogen-bond acceptors (Lipinski definition) is 2. The Labute approximate surface area is 236 Å². The lowest BCUT2D eigenvalue weighted by molar-refractivity contribution is -0.175. The quantitative estimate of drug-likeness (QED) is 0.170. The number of ether oxygens (including phenoxy) is 1. The van der Waals surface area contributed by atoms with Gasteiger partial charge in [0.25, 0.3) is 0 Å². The van der Waals surface area contributed by atoms with Crippen LogP contribution in [-0.4, -0.2) is 12.1 Å². The highest BCUT2D eigenvalue weighted by atomic mass is 16.5. The van der Waals surface area contributed by atoms with E-state index in [9.17, 15) is 4.79 Å². The van der Waals surface area contributed by atoms with Crippen LogP contribution in [0.4, 0.5) is 0 Å². The van der Waals surface area contributed by atoms with Crippen molar-refractivity contribution in [3.63, 3.8) is 0 Å². The third-order valence-corrected chi connectivity index (χ3v) is 13.4. The summed E-state index contributed by atoms with van der Waals surface area (Å²) < 4.78 is 6.12. The van der Waals surface area contributed by atoms with Crippen LogP contribution in [0, 0.1) is 64.1 Å². The van der Waals surface area contributed by atoms with Gasteiger partial charge in [-0.15, -0.1) is 0 Å². The fourth-order valence-corrected chi connectivity index (χ4v) is 10.7. The molecule has 4 saturated carbocycles. The molecule has 0 saturated heterocycles. The number of esters is 1. The third-order valence-electron chi connectivity index (χ3n) is 13.4. The number of unbranched alkanes of at least 4 members (excludes halogenated alkanes) is 2. The molecule has 0 N–H and O–H groups in total. The maximum Gasteiger partial charge on any atom is 0.306 e. The van der Waals surface area contributed by atoms with Crippen molar-refractivity contribution in [2.75, 3.05) is 0 Å². The molecule has 4 fully saturated rings. The van der Waals surface area contributed by atoms with Crippen molar-refractivity contribution in [2.24, 2.45) is 64.1 Å². The zero-order valence-corrected chi connectivity index (χ0v) is 26.7. The van der Waals surface area contributed by atoms with Gasteiger partial charge in [-0.05, 0) is 129 Å². The van der Waals surface area contributed by atoms with Crippen LogP contribution < -0.4 is 0 Å². The van der Waals surface area contributed by atoms with E-state index in [-0.39, 0.29) is 12.1 Å². The molecule has 4 rings (SSSR count). The predicted octanol–water partition coefficient (Wildman–Crippen LogP) is 10.3. The second-order valence-electron chi connectivity index (χ2n) is 15.5. The van der Waals surface area contributed by atoms with E-state index in [1.54, 1.807) is 5.57 Å². The summed E-state index contributed by atoms with van der Waals surface area (Å²) >= 11 is 0. The average molecular weight is 527 g/mol. The Balaban J connectivity index is 1.44. The summed E-state index contributed by atoms with van der Waals surface area (Å²) in [6.45, 7) is 22.0. The predicted molar refractivity (Wildman–Crippen MR) is 161 cm³/mol. The molecule has 4 aliphatic rings. The standard InChI is InChI=1S/C36H62O2/c1-10-11-12-13-34(37)38-33-19-21-36(9)30(27(33)7)15-14-28-31-17-16-29(35(31,8)20-18-32(28)36)25(5)22-24(4)26(6)23(2)3/h22-23,25-33H,10-21H2,1-9H3/b24-22+/t25-,26-,27+,28+,29-,30+,31+,32+,33+,35-,36+/m1/s1. The van der Waals surface area contributed by atoms with E-state index < -0.39 is 0 Å². The van der Waals surface area contributed by atoms with Crippen LogP contribution in [-0.2, 0) is 9.53 Å². The molecule has 4 aliphatic carbocycles. The number of rotatable bonds is 9. The monoisotopic (exact) mass is 526 g/mol. The molecular weight excluding hydrogens is 464 g/mol. The Hall–Kier alpha value is -0.790. The fraction of sp³-hybridized carbons (Fsp3) is 0.917. The molecule has 218 valence electrons. The lowest BCUT2D eigenvalue weighted by Crippen LogP contribution is -2.56. The first-order valence-corrected chi connectivity index (χ1v) is 16.8. The van der Waals surface area contributed by atoms with Gasteiger partial charge in [0.15, 0.2) is 0 Å². The summed E-state index contributed by atoms with van der Waals surface area (Å²) in [7, 11) is 0. The van der Waals surface area contributed by atoms with E-state index in [2.05, 4.69) is 68.4 Å². The molecule has 0 aliphatic heterocycles. The van der Waals surface area contributed by atoms with Gasteiger partial charge < -0.3 is 4.74 Å². The third kappa shape index (κ3) is 5.54. The minimum atomic E-state index is 0.0548. The maximum atomic E-state index is 12.6. The second-order valence-corrected chi connectivity index (χ2v) is 15.5. The summed E-state index contributed by atoms with van der Waals surface area (Å²) in [5, 5.41) is 0. The minimum absolute atomic E-state index is 0.0548. The van der Waals surface area contributed by atoms with Gasteiger partial charge in [-0.1, -0.05) is 79.9 Å². The average Bonchev–Trinajstić information content (AvgIpc) is 3.22. The number of fused-ring (bicyclic) bond motifs is 5. The highest BCUT2D eigenvalue weighted by Crippen LogP contribution is 2.69. The summed E-state index contributed by atoms with van der Waals surface area (Å²) in [6.07, 6.45) is 17.5. The van der Waals surface area contributed by atoms with Gasteiger partial charge in [0, 0.05) is 6.42 Å². The molecule has 0 aromatic carbocycles. The van der Waals surface area contributed by atoms with E-state index in [1.807, 2.05) is 0 Å². The van der Waals surface area contributed by atoms with Crippen LogP contribution in [0.3, 0.4) is 0 Å². The highest BCUT2D eigenvalue weighted by Gasteiger charge is 2.61. The molecule has 2 heteroatoms. The number of carbonyl (C=O) groups excluding carboxylic acids is 1. The van der Waals surface area contributed by atoms with Crippen LogP contribution in [0.5, 0.6) is 0 Å². The molecule has 0 radical (unpaired) electrons. The van der Waals surface area contributed by atoms with Crippen molar-refractivity contribution in [3.05, 3.63) is 11.6 Å². The molecule has 0 heterocycles. The molecule has 0 spiro atoms. The van der Waals surface area contributed by atoms with Gasteiger partial charge in [-0.3, -0.25) is 4.79 Å². The van der Waals surface area contributed by atoms with Crippen molar-refractivity contribution >= 4 is 5.97 Å². The summed E-state index contributed by atoms with van der Waals surface area (Å²) in [5.41, 5.74) is 2.55. The van der Waals surface area contributed by atoms with Crippen molar-refractivity contribution in [1.29, 1.82) is 0 Å². The van der Waals surface area contributed by atoms with E-state index in [1.165, 1.54) is 44.9 Å². The van der Waals surface area contributed by atoms with Crippen molar-refractivity contribution in [1.82, 2.24) is 0 Å². The van der Waals surface area contributed by atoms with Crippen molar-refractivity contribution < 1.29 is 9.53 Å². The fourth-order valence-electron chi connectivity index (χ4n) is 10.7. The zero-order valence-electron chi connectivity index (χ0n) is 26.7. The van der Waals surface area contributed by atoms with E-state index in [0.717, 1.165) is 61.2 Å². The van der Waals surface area contributed by atoms with Gasteiger partial charge in [-0.25, -0.2) is 0 Å². The first kappa shape index (κ1) is 30.2. The molecule has 2 nitrogen and oxygen atoms in total. The summed E-state index contributed by atoms with van der Waals surface area (Å²) in [6, 6.07) is 0. The smallest absolute Gasteiger partial charge is 0.306 e. The topological polar surface area (TPSA) is 26.3 Å². The van der Waals surface area contributed by atoms with E-state index in [4.69, 9.17) is 4.74 Å². The van der Waals surface area contributed by atoms with Gasteiger partial charge in [0.1, 0.15) is 6.10 Å². The van der Waals surface area contributed by atoms with Crippen molar-refractivity contribution in [3.8, 4) is 0 Å². The molecule has 0 amide bonds. The number of hydrogen-bond donors (Lipinski definition) is 0. The molecule has 0 aromatic heterocycles. The van der Waals surface area contributed by atoms with E-state index >= 15 is 0 Å². The van der Waals surface area contributed by atoms with Crippen LogP contribution in [0.1, 0.15) is 139 Å². The molecule has 0 bridgehead atoms.